The van der Waals surface area contributed by atoms with Gasteiger partial charge in [0.15, 0.2) is 5.82 Å². The first-order valence-corrected chi connectivity index (χ1v) is 5.60. The number of hydrogen-bond donors (Lipinski definition) is 3. The van der Waals surface area contributed by atoms with Gasteiger partial charge in [0.1, 0.15) is 6.61 Å². The molecular formula is C12H15N5O. The summed E-state index contributed by atoms with van der Waals surface area (Å²) in [6, 6.07) is 13.4. The van der Waals surface area contributed by atoms with Crippen molar-refractivity contribution in [3.8, 4) is 5.88 Å². The van der Waals surface area contributed by atoms with Gasteiger partial charge in [0.05, 0.1) is 0 Å². The average Bonchev–Trinajstić information content (AvgIpc) is 2.45. The minimum atomic E-state index is 0.476. The molecule has 0 fully saturated rings. The molecule has 0 bridgehead atoms. The number of aromatic nitrogens is 2. The van der Waals surface area contributed by atoms with Gasteiger partial charge in [-0.1, -0.05) is 18.2 Å². The summed E-state index contributed by atoms with van der Waals surface area (Å²) in [5, 5.41) is 10.9. The third-order valence-corrected chi connectivity index (χ3v) is 2.24. The summed E-state index contributed by atoms with van der Waals surface area (Å²) in [5.41, 5.74) is 3.47. The summed E-state index contributed by atoms with van der Waals surface area (Å²) >= 11 is 0. The standard InChI is InChI=1S/C12H15N5O/c13-15-11-6-7-12(17-16-11)18-9-8-14-10-4-2-1-3-5-10/h1-7,14H,8-9,13H2,(H,15,16). The molecule has 0 spiro atoms. The highest BCUT2D eigenvalue weighted by Gasteiger charge is 1.97. The fourth-order valence-corrected chi connectivity index (χ4v) is 1.38. The lowest BCUT2D eigenvalue weighted by Crippen LogP contribution is -2.13. The van der Waals surface area contributed by atoms with E-state index in [0.29, 0.717) is 24.8 Å². The third-order valence-electron chi connectivity index (χ3n) is 2.24. The fraction of sp³-hybridized carbons (Fsp3) is 0.167. The molecule has 4 N–H and O–H groups in total. The van der Waals surface area contributed by atoms with E-state index in [1.54, 1.807) is 12.1 Å². The number of hydrazine groups is 1. The van der Waals surface area contributed by atoms with E-state index in [4.69, 9.17) is 10.6 Å². The van der Waals surface area contributed by atoms with Crippen LogP contribution in [0.4, 0.5) is 11.5 Å². The summed E-state index contributed by atoms with van der Waals surface area (Å²) in [6.07, 6.45) is 0. The van der Waals surface area contributed by atoms with Crippen LogP contribution in [0.1, 0.15) is 0 Å². The minimum absolute atomic E-state index is 0.476. The van der Waals surface area contributed by atoms with Crippen LogP contribution in [-0.2, 0) is 0 Å². The largest absolute Gasteiger partial charge is 0.475 e. The van der Waals surface area contributed by atoms with Crippen LogP contribution in [0, 0.1) is 0 Å². The van der Waals surface area contributed by atoms with Crippen molar-refractivity contribution < 1.29 is 4.74 Å². The van der Waals surface area contributed by atoms with Crippen molar-refractivity contribution in [3.05, 3.63) is 42.5 Å². The minimum Gasteiger partial charge on any atom is -0.475 e. The van der Waals surface area contributed by atoms with Gasteiger partial charge >= 0.3 is 0 Å². The molecule has 1 heterocycles. The molecular weight excluding hydrogens is 230 g/mol. The number of nitrogens with two attached hydrogens (primary N) is 1. The molecule has 1 aromatic carbocycles. The predicted octanol–water partition coefficient (Wildman–Crippen LogP) is 1.25. The van der Waals surface area contributed by atoms with Crippen molar-refractivity contribution in [2.75, 3.05) is 23.9 Å². The molecule has 0 saturated heterocycles. The molecule has 94 valence electrons. The number of nitrogens with zero attached hydrogens (tertiary/aromatic N) is 2. The molecule has 0 unspecified atom stereocenters. The highest BCUT2D eigenvalue weighted by molar-refractivity contribution is 5.42. The third kappa shape index (κ3) is 3.60. The Morgan fingerprint density at radius 2 is 1.89 bits per heavy atom. The maximum Gasteiger partial charge on any atom is 0.233 e. The lowest BCUT2D eigenvalue weighted by atomic mass is 10.3. The van der Waals surface area contributed by atoms with Gasteiger partial charge in [0.25, 0.3) is 0 Å². The summed E-state index contributed by atoms with van der Waals surface area (Å²) in [5.74, 6) is 6.16. The lowest BCUT2D eigenvalue weighted by molar-refractivity contribution is 0.316. The van der Waals surface area contributed by atoms with E-state index in [1.165, 1.54) is 0 Å². The smallest absolute Gasteiger partial charge is 0.233 e. The first-order chi connectivity index (χ1) is 8.88. The highest BCUT2D eigenvalue weighted by atomic mass is 16.5. The van der Waals surface area contributed by atoms with Crippen molar-refractivity contribution in [1.29, 1.82) is 0 Å². The van der Waals surface area contributed by atoms with Crippen molar-refractivity contribution in [3.63, 3.8) is 0 Å². The Balaban J connectivity index is 1.72. The maximum absolute atomic E-state index is 5.42. The molecule has 6 heteroatoms. The van der Waals surface area contributed by atoms with E-state index in [9.17, 15) is 0 Å². The number of anilines is 2. The Labute approximate surface area is 105 Å². The van der Waals surface area contributed by atoms with Gasteiger partial charge < -0.3 is 15.5 Å². The van der Waals surface area contributed by atoms with Gasteiger partial charge in [-0.15, -0.1) is 10.2 Å². The first kappa shape index (κ1) is 12.1. The Bertz CT molecular complexity index is 460. The van der Waals surface area contributed by atoms with Crippen molar-refractivity contribution in [2.45, 2.75) is 0 Å². The average molecular weight is 245 g/mol. The molecule has 0 aliphatic rings. The Morgan fingerprint density at radius 1 is 1.06 bits per heavy atom. The molecule has 2 aromatic rings. The molecule has 2 rings (SSSR count). The van der Waals surface area contributed by atoms with Gasteiger partial charge in [-0.25, -0.2) is 5.84 Å². The Kier molecular flexibility index (Phi) is 4.32. The number of ether oxygens (including phenoxy) is 1. The summed E-state index contributed by atoms with van der Waals surface area (Å²) < 4.78 is 5.42. The normalized spacial score (nSPS) is 9.83. The number of rotatable bonds is 6. The van der Waals surface area contributed by atoms with Gasteiger partial charge in [0.2, 0.25) is 5.88 Å². The van der Waals surface area contributed by atoms with Crippen LogP contribution in [0.3, 0.4) is 0 Å². The zero-order valence-corrected chi connectivity index (χ0v) is 9.84. The Hall–Kier alpha value is -2.34. The van der Waals surface area contributed by atoms with E-state index < -0.39 is 0 Å². The molecule has 18 heavy (non-hydrogen) atoms. The summed E-state index contributed by atoms with van der Waals surface area (Å²) in [7, 11) is 0. The quantitative estimate of drug-likeness (QED) is 0.403. The van der Waals surface area contributed by atoms with Crippen molar-refractivity contribution in [1.82, 2.24) is 10.2 Å². The van der Waals surface area contributed by atoms with Crippen LogP contribution in [0.15, 0.2) is 42.5 Å². The van der Waals surface area contributed by atoms with Gasteiger partial charge in [-0.3, -0.25) is 0 Å². The Morgan fingerprint density at radius 3 is 2.56 bits per heavy atom. The summed E-state index contributed by atoms with van der Waals surface area (Å²) in [6.45, 7) is 1.21. The molecule has 0 atom stereocenters. The second kappa shape index (κ2) is 6.41. The van der Waals surface area contributed by atoms with Gasteiger partial charge in [-0.05, 0) is 18.2 Å². The van der Waals surface area contributed by atoms with Gasteiger partial charge in [0, 0.05) is 18.3 Å². The van der Waals surface area contributed by atoms with E-state index in [-0.39, 0.29) is 0 Å². The molecule has 0 amide bonds. The van der Waals surface area contributed by atoms with Crippen LogP contribution in [-0.4, -0.2) is 23.3 Å². The molecule has 0 saturated carbocycles. The molecule has 0 aliphatic carbocycles. The van der Waals surface area contributed by atoms with E-state index >= 15 is 0 Å². The molecule has 0 radical (unpaired) electrons. The SMILES string of the molecule is NNc1ccc(OCCNc2ccccc2)nn1. The first-order valence-electron chi connectivity index (χ1n) is 5.60. The van der Waals surface area contributed by atoms with Crippen LogP contribution < -0.4 is 21.3 Å². The van der Waals surface area contributed by atoms with Crippen LogP contribution in [0.25, 0.3) is 0 Å². The predicted molar refractivity (Wildman–Crippen MR) is 70.3 cm³/mol. The van der Waals surface area contributed by atoms with Crippen molar-refractivity contribution >= 4 is 11.5 Å². The number of benzene rings is 1. The van der Waals surface area contributed by atoms with Crippen LogP contribution in [0.2, 0.25) is 0 Å². The molecule has 0 aliphatic heterocycles. The number of nitrogens with one attached hydrogen (secondary N) is 2. The molecule has 1 aromatic heterocycles. The monoisotopic (exact) mass is 245 g/mol. The van der Waals surface area contributed by atoms with Crippen LogP contribution in [0.5, 0.6) is 5.88 Å². The molecule has 6 nitrogen and oxygen atoms in total. The summed E-state index contributed by atoms with van der Waals surface area (Å²) in [4.78, 5) is 0. The number of hydrogen-bond acceptors (Lipinski definition) is 6. The fourth-order valence-electron chi connectivity index (χ4n) is 1.38. The number of nitrogen functional groups attached to an aromatic ring is 1. The zero-order chi connectivity index (χ0) is 12.6. The second-order valence-corrected chi connectivity index (χ2v) is 3.54. The topological polar surface area (TPSA) is 85.1 Å². The highest BCUT2D eigenvalue weighted by Crippen LogP contribution is 2.07. The maximum atomic E-state index is 5.42. The van der Waals surface area contributed by atoms with E-state index in [1.807, 2.05) is 30.3 Å². The van der Waals surface area contributed by atoms with E-state index in [2.05, 4.69) is 20.9 Å². The van der Waals surface area contributed by atoms with Crippen molar-refractivity contribution in [2.24, 2.45) is 5.84 Å². The number of para-hydroxylation sites is 1. The lowest BCUT2D eigenvalue weighted by Gasteiger charge is -2.07. The van der Waals surface area contributed by atoms with Gasteiger partial charge in [-0.2, -0.15) is 0 Å². The second-order valence-electron chi connectivity index (χ2n) is 3.54. The zero-order valence-electron chi connectivity index (χ0n) is 9.84. The van der Waals surface area contributed by atoms with Crippen LogP contribution >= 0.6 is 0 Å². The van der Waals surface area contributed by atoms with E-state index in [0.717, 1.165) is 5.69 Å².